The van der Waals surface area contributed by atoms with E-state index in [2.05, 4.69) is 56.4 Å². The van der Waals surface area contributed by atoms with Crippen molar-refractivity contribution in [2.75, 3.05) is 0 Å². The third-order valence-electron chi connectivity index (χ3n) is 4.56. The average molecular weight is 259 g/mol. The highest BCUT2D eigenvalue weighted by Crippen LogP contribution is 2.30. The van der Waals surface area contributed by atoms with Gasteiger partial charge in [0.2, 0.25) is 0 Å². The van der Waals surface area contributed by atoms with Crippen molar-refractivity contribution in [2.24, 2.45) is 11.8 Å². The minimum Gasteiger partial charge on any atom is -0.311 e. The van der Waals surface area contributed by atoms with E-state index in [4.69, 9.17) is 0 Å². The Morgan fingerprint density at radius 2 is 1.84 bits per heavy atom. The van der Waals surface area contributed by atoms with Crippen molar-refractivity contribution in [3.8, 4) is 0 Å². The molecule has 19 heavy (non-hydrogen) atoms. The van der Waals surface area contributed by atoms with Crippen LogP contribution in [-0.4, -0.2) is 12.1 Å². The molecule has 1 aliphatic carbocycles. The van der Waals surface area contributed by atoms with Gasteiger partial charge in [-0.2, -0.15) is 0 Å². The van der Waals surface area contributed by atoms with Crippen molar-refractivity contribution in [2.45, 2.75) is 65.0 Å². The Bertz CT molecular complexity index is 357. The molecule has 1 fully saturated rings. The van der Waals surface area contributed by atoms with Crippen molar-refractivity contribution in [3.05, 3.63) is 35.9 Å². The monoisotopic (exact) mass is 259 g/mol. The van der Waals surface area contributed by atoms with Gasteiger partial charge in [0.15, 0.2) is 0 Å². The largest absolute Gasteiger partial charge is 0.311 e. The Hall–Kier alpha value is -0.820. The summed E-state index contributed by atoms with van der Waals surface area (Å²) in [5.41, 5.74) is 1.44. The van der Waals surface area contributed by atoms with Gasteiger partial charge in [0, 0.05) is 12.1 Å². The molecular weight excluding hydrogens is 230 g/mol. The Labute approximate surface area is 118 Å². The Morgan fingerprint density at radius 3 is 2.53 bits per heavy atom. The maximum atomic E-state index is 3.85. The quantitative estimate of drug-likeness (QED) is 0.825. The maximum Gasteiger partial charge on any atom is 0.00817 e. The minimum absolute atomic E-state index is 0.582. The molecule has 1 N–H and O–H groups in total. The van der Waals surface area contributed by atoms with E-state index < -0.39 is 0 Å². The molecule has 0 bridgehead atoms. The zero-order chi connectivity index (χ0) is 13.7. The van der Waals surface area contributed by atoms with E-state index in [0.717, 1.165) is 24.3 Å². The standard InChI is InChI=1S/C18H29N/c1-14(2)17-10-7-11-18(13-17)19-15(3)12-16-8-5-4-6-9-16/h4-6,8-9,14-15,17-19H,7,10-13H2,1-3H3. The first-order valence-electron chi connectivity index (χ1n) is 7.95. The number of nitrogens with one attached hydrogen (secondary N) is 1. The van der Waals surface area contributed by atoms with Gasteiger partial charge in [-0.1, -0.05) is 57.0 Å². The molecule has 0 heterocycles. The van der Waals surface area contributed by atoms with E-state index in [1.807, 2.05) is 0 Å². The average Bonchev–Trinajstić information content (AvgIpc) is 2.40. The first kappa shape index (κ1) is 14.6. The van der Waals surface area contributed by atoms with Crippen LogP contribution in [0.5, 0.6) is 0 Å². The molecule has 1 aromatic carbocycles. The van der Waals surface area contributed by atoms with Crippen LogP contribution in [0.2, 0.25) is 0 Å². The molecule has 0 radical (unpaired) electrons. The molecule has 0 saturated heterocycles. The lowest BCUT2D eigenvalue weighted by Gasteiger charge is -2.34. The van der Waals surface area contributed by atoms with Crippen LogP contribution in [0.1, 0.15) is 52.0 Å². The van der Waals surface area contributed by atoms with Gasteiger partial charge in [0.1, 0.15) is 0 Å². The Kier molecular flexibility index (Phi) is 5.45. The van der Waals surface area contributed by atoms with Crippen LogP contribution in [0.4, 0.5) is 0 Å². The van der Waals surface area contributed by atoms with Crippen molar-refractivity contribution in [3.63, 3.8) is 0 Å². The summed E-state index contributed by atoms with van der Waals surface area (Å²) in [4.78, 5) is 0. The zero-order valence-corrected chi connectivity index (χ0v) is 12.7. The van der Waals surface area contributed by atoms with Gasteiger partial charge in [0.05, 0.1) is 0 Å². The van der Waals surface area contributed by atoms with Crippen LogP contribution in [0.3, 0.4) is 0 Å². The molecule has 0 spiro atoms. The van der Waals surface area contributed by atoms with Crippen LogP contribution < -0.4 is 5.32 Å². The van der Waals surface area contributed by atoms with Gasteiger partial charge in [-0.3, -0.25) is 0 Å². The van der Waals surface area contributed by atoms with E-state index >= 15 is 0 Å². The highest BCUT2D eigenvalue weighted by Gasteiger charge is 2.24. The summed E-state index contributed by atoms with van der Waals surface area (Å²) in [5, 5.41) is 3.85. The van der Waals surface area contributed by atoms with Crippen molar-refractivity contribution in [1.29, 1.82) is 0 Å². The molecule has 1 nitrogen and oxygen atoms in total. The second kappa shape index (κ2) is 7.09. The third-order valence-corrected chi connectivity index (χ3v) is 4.56. The fourth-order valence-electron chi connectivity index (χ4n) is 3.41. The van der Waals surface area contributed by atoms with Crippen molar-refractivity contribution < 1.29 is 0 Å². The molecule has 3 atom stereocenters. The highest BCUT2D eigenvalue weighted by molar-refractivity contribution is 5.15. The maximum absolute atomic E-state index is 3.85. The number of hydrogen-bond donors (Lipinski definition) is 1. The van der Waals surface area contributed by atoms with E-state index in [1.54, 1.807) is 0 Å². The van der Waals surface area contributed by atoms with Gasteiger partial charge < -0.3 is 5.32 Å². The van der Waals surface area contributed by atoms with E-state index in [9.17, 15) is 0 Å². The number of hydrogen-bond acceptors (Lipinski definition) is 1. The molecule has 0 amide bonds. The molecule has 0 aromatic heterocycles. The van der Waals surface area contributed by atoms with E-state index in [1.165, 1.54) is 31.2 Å². The number of benzene rings is 1. The second-order valence-corrected chi connectivity index (χ2v) is 6.63. The normalized spacial score (nSPS) is 25.5. The van der Waals surface area contributed by atoms with Crippen LogP contribution in [0.15, 0.2) is 30.3 Å². The van der Waals surface area contributed by atoms with Gasteiger partial charge >= 0.3 is 0 Å². The van der Waals surface area contributed by atoms with Crippen LogP contribution in [0, 0.1) is 11.8 Å². The summed E-state index contributed by atoms with van der Waals surface area (Å²) in [5.74, 6) is 1.77. The molecular formula is C18H29N. The van der Waals surface area contributed by atoms with Crippen molar-refractivity contribution >= 4 is 0 Å². The van der Waals surface area contributed by atoms with Gasteiger partial charge in [-0.15, -0.1) is 0 Å². The zero-order valence-electron chi connectivity index (χ0n) is 12.7. The molecule has 1 saturated carbocycles. The van der Waals surface area contributed by atoms with E-state index in [0.29, 0.717) is 6.04 Å². The van der Waals surface area contributed by atoms with Crippen LogP contribution in [0.25, 0.3) is 0 Å². The fraction of sp³-hybridized carbons (Fsp3) is 0.667. The lowest BCUT2D eigenvalue weighted by Crippen LogP contribution is -2.41. The predicted molar refractivity (Wildman–Crippen MR) is 83.3 cm³/mol. The molecule has 1 heteroatoms. The molecule has 3 unspecified atom stereocenters. The van der Waals surface area contributed by atoms with Gasteiger partial charge in [0.25, 0.3) is 0 Å². The van der Waals surface area contributed by atoms with Gasteiger partial charge in [-0.25, -0.2) is 0 Å². The summed E-state index contributed by atoms with van der Waals surface area (Å²) < 4.78 is 0. The molecule has 1 aromatic rings. The summed E-state index contributed by atoms with van der Waals surface area (Å²) >= 11 is 0. The first-order valence-corrected chi connectivity index (χ1v) is 7.95. The highest BCUT2D eigenvalue weighted by atomic mass is 14.9. The predicted octanol–water partition coefficient (Wildman–Crippen LogP) is 4.42. The topological polar surface area (TPSA) is 12.0 Å². The Balaban J connectivity index is 1.80. The summed E-state index contributed by atoms with van der Waals surface area (Å²) in [6.45, 7) is 7.08. The van der Waals surface area contributed by atoms with Crippen LogP contribution >= 0.6 is 0 Å². The van der Waals surface area contributed by atoms with Crippen molar-refractivity contribution in [1.82, 2.24) is 5.32 Å². The lowest BCUT2D eigenvalue weighted by atomic mass is 9.79. The first-order chi connectivity index (χ1) is 9.15. The minimum atomic E-state index is 0.582. The Morgan fingerprint density at radius 1 is 1.11 bits per heavy atom. The molecule has 1 aliphatic rings. The fourth-order valence-corrected chi connectivity index (χ4v) is 3.41. The third kappa shape index (κ3) is 4.65. The molecule has 106 valence electrons. The molecule has 2 rings (SSSR count). The van der Waals surface area contributed by atoms with E-state index in [-0.39, 0.29) is 0 Å². The smallest absolute Gasteiger partial charge is 0.00817 e. The lowest BCUT2D eigenvalue weighted by molar-refractivity contribution is 0.222. The summed E-state index contributed by atoms with van der Waals surface area (Å²) in [6.07, 6.45) is 6.71. The van der Waals surface area contributed by atoms with Crippen LogP contribution in [-0.2, 0) is 6.42 Å². The summed E-state index contributed by atoms with van der Waals surface area (Å²) in [7, 11) is 0. The summed E-state index contributed by atoms with van der Waals surface area (Å²) in [6, 6.07) is 12.1. The number of rotatable bonds is 5. The SMILES string of the molecule is CC(Cc1ccccc1)NC1CCCC(C(C)C)C1. The second-order valence-electron chi connectivity index (χ2n) is 6.63. The molecule has 0 aliphatic heterocycles. The van der Waals surface area contributed by atoms with Gasteiger partial charge in [-0.05, 0) is 43.6 Å².